The first kappa shape index (κ1) is 10.1. The first-order valence-electron chi connectivity index (χ1n) is 3.34. The zero-order valence-electron chi connectivity index (χ0n) is 6.30. The third-order valence-electron chi connectivity index (χ3n) is 1.47. The van der Waals surface area contributed by atoms with E-state index in [-0.39, 0.29) is 5.56 Å². The lowest BCUT2D eigenvalue weighted by Gasteiger charge is -2.05. The molecule has 2 nitrogen and oxygen atoms in total. The Labute approximate surface area is 77.8 Å². The van der Waals surface area contributed by atoms with Gasteiger partial charge in [-0.15, -0.1) is 0 Å². The second-order valence-corrected chi connectivity index (χ2v) is 2.75. The van der Waals surface area contributed by atoms with Gasteiger partial charge in [-0.2, -0.15) is 0 Å². The molecule has 0 aliphatic carbocycles. The Bertz CT molecular complexity index is 341. The predicted octanol–water partition coefficient (Wildman–Crippen LogP) is 1.76. The molecule has 0 saturated heterocycles. The highest BCUT2D eigenvalue weighted by Crippen LogP contribution is 2.17. The molecule has 0 spiro atoms. The SMILES string of the molecule is O=C(Cl)C(O)c1ccc(F)c(F)c1. The molecule has 0 heterocycles. The Hall–Kier alpha value is -1.00. The number of rotatable bonds is 2. The van der Waals surface area contributed by atoms with Crippen molar-refractivity contribution < 1.29 is 18.7 Å². The van der Waals surface area contributed by atoms with Crippen molar-refractivity contribution in [1.82, 2.24) is 0 Å². The Morgan fingerprint density at radius 2 is 2.00 bits per heavy atom. The van der Waals surface area contributed by atoms with Crippen LogP contribution in [0, 0.1) is 11.6 Å². The fourth-order valence-electron chi connectivity index (χ4n) is 0.813. The van der Waals surface area contributed by atoms with E-state index in [1.807, 2.05) is 0 Å². The highest BCUT2D eigenvalue weighted by molar-refractivity contribution is 6.64. The summed E-state index contributed by atoms with van der Waals surface area (Å²) in [5.41, 5.74) is -0.0705. The fraction of sp³-hybridized carbons (Fsp3) is 0.125. The van der Waals surface area contributed by atoms with E-state index in [0.717, 1.165) is 18.2 Å². The molecule has 0 radical (unpaired) electrons. The maximum Gasteiger partial charge on any atom is 0.254 e. The minimum absolute atomic E-state index is 0.0705. The minimum atomic E-state index is -1.61. The molecular weight excluding hydrogens is 202 g/mol. The van der Waals surface area contributed by atoms with Crippen molar-refractivity contribution in [1.29, 1.82) is 0 Å². The Kier molecular flexibility index (Phi) is 2.95. The van der Waals surface area contributed by atoms with Gasteiger partial charge in [-0.3, -0.25) is 4.79 Å². The molecule has 1 unspecified atom stereocenters. The summed E-state index contributed by atoms with van der Waals surface area (Å²) in [5, 5.41) is 8.01. The van der Waals surface area contributed by atoms with Crippen molar-refractivity contribution >= 4 is 16.8 Å². The molecule has 1 N–H and O–H groups in total. The molecule has 0 aliphatic heterocycles. The second kappa shape index (κ2) is 3.81. The van der Waals surface area contributed by atoms with Crippen LogP contribution in [0.4, 0.5) is 8.78 Å². The largest absolute Gasteiger partial charge is 0.379 e. The molecule has 1 aromatic carbocycles. The van der Waals surface area contributed by atoms with E-state index in [1.165, 1.54) is 0 Å². The number of hydrogen-bond acceptors (Lipinski definition) is 2. The third kappa shape index (κ3) is 2.23. The average molecular weight is 207 g/mol. The fourth-order valence-corrected chi connectivity index (χ4v) is 0.939. The van der Waals surface area contributed by atoms with Crippen LogP contribution in [0.3, 0.4) is 0 Å². The van der Waals surface area contributed by atoms with Gasteiger partial charge in [0.1, 0.15) is 0 Å². The van der Waals surface area contributed by atoms with Gasteiger partial charge in [0.2, 0.25) is 0 Å². The van der Waals surface area contributed by atoms with Crippen LogP contribution in [0.25, 0.3) is 0 Å². The Morgan fingerprint density at radius 1 is 1.38 bits per heavy atom. The van der Waals surface area contributed by atoms with Gasteiger partial charge < -0.3 is 5.11 Å². The number of carbonyl (C=O) groups is 1. The monoisotopic (exact) mass is 206 g/mol. The summed E-state index contributed by atoms with van der Waals surface area (Å²) < 4.78 is 25.0. The summed E-state index contributed by atoms with van der Waals surface area (Å²) in [6.07, 6.45) is -1.61. The van der Waals surface area contributed by atoms with E-state index in [4.69, 9.17) is 16.7 Å². The van der Waals surface area contributed by atoms with Gasteiger partial charge in [0, 0.05) is 0 Å². The van der Waals surface area contributed by atoms with Crippen LogP contribution in [-0.4, -0.2) is 10.3 Å². The zero-order valence-corrected chi connectivity index (χ0v) is 7.05. The summed E-state index contributed by atoms with van der Waals surface area (Å²) in [7, 11) is 0. The molecule has 1 atom stereocenters. The molecule has 0 aromatic heterocycles. The van der Waals surface area contributed by atoms with Crippen molar-refractivity contribution in [2.24, 2.45) is 0 Å². The van der Waals surface area contributed by atoms with Gasteiger partial charge in [0.25, 0.3) is 5.24 Å². The van der Waals surface area contributed by atoms with Crippen LogP contribution in [0.2, 0.25) is 0 Å². The topological polar surface area (TPSA) is 37.3 Å². The highest BCUT2D eigenvalue weighted by atomic mass is 35.5. The minimum Gasteiger partial charge on any atom is -0.379 e. The van der Waals surface area contributed by atoms with Gasteiger partial charge >= 0.3 is 0 Å². The predicted molar refractivity (Wildman–Crippen MR) is 42.2 cm³/mol. The van der Waals surface area contributed by atoms with Crippen molar-refractivity contribution in [2.75, 3.05) is 0 Å². The first-order valence-corrected chi connectivity index (χ1v) is 3.72. The molecule has 70 valence electrons. The van der Waals surface area contributed by atoms with Gasteiger partial charge in [-0.05, 0) is 29.3 Å². The van der Waals surface area contributed by atoms with Crippen molar-refractivity contribution in [3.05, 3.63) is 35.4 Å². The van der Waals surface area contributed by atoms with E-state index >= 15 is 0 Å². The number of halogens is 3. The maximum atomic E-state index is 12.6. The lowest BCUT2D eigenvalue weighted by Crippen LogP contribution is -2.05. The molecule has 5 heteroatoms. The quantitative estimate of drug-likeness (QED) is 0.749. The zero-order chi connectivity index (χ0) is 10.0. The van der Waals surface area contributed by atoms with Gasteiger partial charge in [-0.1, -0.05) is 6.07 Å². The van der Waals surface area contributed by atoms with Crippen LogP contribution in [0.5, 0.6) is 0 Å². The van der Waals surface area contributed by atoms with E-state index in [2.05, 4.69) is 0 Å². The summed E-state index contributed by atoms with van der Waals surface area (Å²) in [6, 6.07) is 2.62. The molecule has 1 rings (SSSR count). The van der Waals surface area contributed by atoms with Crippen LogP contribution in [-0.2, 0) is 4.79 Å². The molecule has 13 heavy (non-hydrogen) atoms. The maximum absolute atomic E-state index is 12.6. The summed E-state index contributed by atoms with van der Waals surface area (Å²) in [4.78, 5) is 10.4. The van der Waals surface area contributed by atoms with Crippen LogP contribution in [0.15, 0.2) is 18.2 Å². The normalized spacial score (nSPS) is 12.6. The molecule has 0 amide bonds. The summed E-state index contributed by atoms with van der Waals surface area (Å²) in [6.45, 7) is 0. The van der Waals surface area contributed by atoms with E-state index in [9.17, 15) is 13.6 Å². The molecule has 0 aliphatic rings. The number of aliphatic hydroxyl groups is 1. The molecule has 0 fully saturated rings. The van der Waals surface area contributed by atoms with Crippen molar-refractivity contribution in [2.45, 2.75) is 6.10 Å². The number of benzene rings is 1. The van der Waals surface area contributed by atoms with E-state index in [1.54, 1.807) is 0 Å². The highest BCUT2D eigenvalue weighted by Gasteiger charge is 2.16. The number of hydrogen-bond donors (Lipinski definition) is 1. The Morgan fingerprint density at radius 3 is 2.46 bits per heavy atom. The van der Waals surface area contributed by atoms with Gasteiger partial charge in [0.05, 0.1) is 0 Å². The lowest BCUT2D eigenvalue weighted by atomic mass is 10.1. The average Bonchev–Trinajstić information content (AvgIpc) is 2.08. The molecule has 0 bridgehead atoms. The van der Waals surface area contributed by atoms with E-state index < -0.39 is 23.0 Å². The number of carbonyl (C=O) groups excluding carboxylic acids is 1. The van der Waals surface area contributed by atoms with Crippen LogP contribution < -0.4 is 0 Å². The van der Waals surface area contributed by atoms with Crippen LogP contribution in [0.1, 0.15) is 11.7 Å². The van der Waals surface area contributed by atoms with Crippen molar-refractivity contribution in [3.8, 4) is 0 Å². The summed E-state index contributed by atoms with van der Waals surface area (Å²) >= 11 is 4.95. The molecule has 1 aromatic rings. The van der Waals surface area contributed by atoms with E-state index in [0.29, 0.717) is 0 Å². The third-order valence-corrected chi connectivity index (χ3v) is 1.68. The lowest BCUT2D eigenvalue weighted by molar-refractivity contribution is -0.119. The Balaban J connectivity index is 3.03. The summed E-state index contributed by atoms with van der Waals surface area (Å²) in [5.74, 6) is -2.17. The van der Waals surface area contributed by atoms with Crippen molar-refractivity contribution in [3.63, 3.8) is 0 Å². The number of aliphatic hydroxyl groups excluding tert-OH is 1. The standard InChI is InChI=1S/C8H5ClF2O2/c9-8(13)7(12)4-1-2-5(10)6(11)3-4/h1-3,7,12H. The smallest absolute Gasteiger partial charge is 0.254 e. The van der Waals surface area contributed by atoms with Gasteiger partial charge in [-0.25, -0.2) is 8.78 Å². The first-order chi connectivity index (χ1) is 6.02. The van der Waals surface area contributed by atoms with Crippen LogP contribution >= 0.6 is 11.6 Å². The van der Waals surface area contributed by atoms with Gasteiger partial charge in [0.15, 0.2) is 17.7 Å². The molecule has 0 saturated carbocycles. The molecular formula is C8H5ClF2O2. The second-order valence-electron chi connectivity index (χ2n) is 2.38.